The van der Waals surface area contributed by atoms with Gasteiger partial charge in [-0.15, -0.1) is 0 Å². The van der Waals surface area contributed by atoms with Gasteiger partial charge in [-0.25, -0.2) is 0 Å². The second kappa shape index (κ2) is 6.99. The van der Waals surface area contributed by atoms with Gasteiger partial charge in [-0.05, 0) is 18.2 Å². The lowest BCUT2D eigenvalue weighted by Gasteiger charge is -2.30. The molecule has 0 saturated carbocycles. The minimum atomic E-state index is 0.0115. The van der Waals surface area contributed by atoms with Gasteiger partial charge in [-0.2, -0.15) is 0 Å². The molecule has 0 aromatic heterocycles. The number of benzene rings is 2. The zero-order chi connectivity index (χ0) is 15.2. The number of likely N-dealkylation sites (N-methyl/N-ethyl adjacent to an activating group) is 1. The van der Waals surface area contributed by atoms with Gasteiger partial charge in [0, 0.05) is 24.8 Å². The van der Waals surface area contributed by atoms with E-state index in [0.29, 0.717) is 6.54 Å². The molecule has 2 rings (SSSR count). The summed E-state index contributed by atoms with van der Waals surface area (Å²) in [5, 5.41) is 0. The van der Waals surface area contributed by atoms with Crippen LogP contribution in [0.2, 0.25) is 0 Å². The van der Waals surface area contributed by atoms with Crippen molar-refractivity contribution >= 4 is 5.69 Å². The highest BCUT2D eigenvalue weighted by molar-refractivity contribution is 5.54. The first-order valence-corrected chi connectivity index (χ1v) is 6.91. The fourth-order valence-electron chi connectivity index (χ4n) is 2.51. The number of para-hydroxylation sites is 2. The second-order valence-corrected chi connectivity index (χ2v) is 4.78. The van der Waals surface area contributed by atoms with Gasteiger partial charge in [0.1, 0.15) is 0 Å². The zero-order valence-corrected chi connectivity index (χ0v) is 12.7. The van der Waals surface area contributed by atoms with Crippen LogP contribution >= 0.6 is 0 Å². The van der Waals surface area contributed by atoms with Gasteiger partial charge in [0.25, 0.3) is 0 Å². The molecule has 0 amide bonds. The molecular formula is C17H22N2O2. The van der Waals surface area contributed by atoms with Crippen LogP contribution in [0.25, 0.3) is 0 Å². The number of nitrogens with two attached hydrogens (primary N) is 1. The lowest BCUT2D eigenvalue weighted by molar-refractivity contribution is 0.349. The van der Waals surface area contributed by atoms with Gasteiger partial charge in [-0.1, -0.05) is 30.3 Å². The highest BCUT2D eigenvalue weighted by atomic mass is 16.5. The molecule has 2 aromatic carbocycles. The highest BCUT2D eigenvalue weighted by Gasteiger charge is 2.22. The maximum atomic E-state index is 6.02. The van der Waals surface area contributed by atoms with Crippen LogP contribution in [0.5, 0.6) is 11.5 Å². The van der Waals surface area contributed by atoms with E-state index in [1.54, 1.807) is 14.2 Å². The Bertz CT molecular complexity index is 572. The molecule has 0 fully saturated rings. The molecule has 0 saturated heterocycles. The Morgan fingerprint density at radius 1 is 1.00 bits per heavy atom. The normalized spacial score (nSPS) is 11.8. The van der Waals surface area contributed by atoms with Gasteiger partial charge in [0.2, 0.25) is 0 Å². The van der Waals surface area contributed by atoms with Crippen molar-refractivity contribution in [2.24, 2.45) is 5.73 Å². The van der Waals surface area contributed by atoms with Gasteiger partial charge >= 0.3 is 0 Å². The third-order valence-electron chi connectivity index (χ3n) is 3.65. The largest absolute Gasteiger partial charge is 0.493 e. The van der Waals surface area contributed by atoms with Gasteiger partial charge in [0.15, 0.2) is 11.5 Å². The molecule has 112 valence electrons. The fraction of sp³-hybridized carbons (Fsp3) is 0.294. The molecular weight excluding hydrogens is 264 g/mol. The molecule has 0 aliphatic carbocycles. The van der Waals surface area contributed by atoms with Crippen LogP contribution < -0.4 is 20.1 Å². The first-order valence-electron chi connectivity index (χ1n) is 6.91. The maximum Gasteiger partial charge on any atom is 0.166 e. The number of hydrogen-bond donors (Lipinski definition) is 1. The Balaban J connectivity index is 2.42. The van der Waals surface area contributed by atoms with Crippen LogP contribution in [0, 0.1) is 0 Å². The molecule has 0 radical (unpaired) electrons. The van der Waals surface area contributed by atoms with E-state index >= 15 is 0 Å². The Hall–Kier alpha value is -2.20. The van der Waals surface area contributed by atoms with Crippen molar-refractivity contribution in [3.05, 3.63) is 54.1 Å². The topological polar surface area (TPSA) is 47.7 Å². The standard InChI is InChI=1S/C17H22N2O2/c1-19(13-8-5-4-6-9-13)15(12-18)14-10-7-11-16(20-2)17(14)21-3/h4-11,15H,12,18H2,1-3H3. The van der Waals surface area contributed by atoms with Crippen LogP contribution in [0.4, 0.5) is 5.69 Å². The first-order chi connectivity index (χ1) is 10.2. The summed E-state index contributed by atoms with van der Waals surface area (Å²) in [6, 6.07) is 16.0. The third-order valence-corrected chi connectivity index (χ3v) is 3.65. The van der Waals surface area contributed by atoms with Gasteiger partial charge < -0.3 is 20.1 Å². The zero-order valence-electron chi connectivity index (χ0n) is 12.7. The first kappa shape index (κ1) is 15.2. The molecule has 1 atom stereocenters. The summed E-state index contributed by atoms with van der Waals surface area (Å²) in [7, 11) is 5.32. The Morgan fingerprint density at radius 3 is 2.29 bits per heavy atom. The fourth-order valence-corrected chi connectivity index (χ4v) is 2.51. The van der Waals surface area contributed by atoms with E-state index in [-0.39, 0.29) is 6.04 Å². The molecule has 0 aliphatic heterocycles. The van der Waals surface area contributed by atoms with E-state index in [9.17, 15) is 0 Å². The summed E-state index contributed by atoms with van der Waals surface area (Å²) in [4.78, 5) is 2.15. The van der Waals surface area contributed by atoms with E-state index < -0.39 is 0 Å². The minimum Gasteiger partial charge on any atom is -0.493 e. The lowest BCUT2D eigenvalue weighted by Crippen LogP contribution is -2.30. The van der Waals surface area contributed by atoms with Crippen molar-refractivity contribution < 1.29 is 9.47 Å². The highest BCUT2D eigenvalue weighted by Crippen LogP contribution is 2.37. The predicted octanol–water partition coefficient (Wildman–Crippen LogP) is 2.84. The van der Waals surface area contributed by atoms with Crippen LogP contribution in [-0.4, -0.2) is 27.8 Å². The number of rotatable bonds is 6. The second-order valence-electron chi connectivity index (χ2n) is 4.78. The van der Waals surface area contributed by atoms with Crippen LogP contribution in [-0.2, 0) is 0 Å². The Morgan fingerprint density at radius 2 is 1.71 bits per heavy atom. The monoisotopic (exact) mass is 286 g/mol. The molecule has 0 bridgehead atoms. The lowest BCUT2D eigenvalue weighted by atomic mass is 10.0. The molecule has 2 N–H and O–H groups in total. The summed E-state index contributed by atoms with van der Waals surface area (Å²) in [6.45, 7) is 0.481. The molecule has 4 heteroatoms. The van der Waals surface area contributed by atoms with Crippen molar-refractivity contribution in [1.29, 1.82) is 0 Å². The van der Waals surface area contributed by atoms with Crippen molar-refractivity contribution in [1.82, 2.24) is 0 Å². The molecule has 1 unspecified atom stereocenters. The van der Waals surface area contributed by atoms with E-state index in [1.807, 2.05) is 43.4 Å². The van der Waals surface area contributed by atoms with E-state index in [2.05, 4.69) is 17.0 Å². The molecule has 0 spiro atoms. The number of anilines is 1. The van der Waals surface area contributed by atoms with Gasteiger partial charge in [0.05, 0.1) is 20.3 Å². The van der Waals surface area contributed by atoms with Crippen LogP contribution in [0.1, 0.15) is 11.6 Å². The average Bonchev–Trinajstić information content (AvgIpc) is 2.55. The average molecular weight is 286 g/mol. The van der Waals surface area contributed by atoms with E-state index in [0.717, 1.165) is 22.7 Å². The van der Waals surface area contributed by atoms with E-state index in [4.69, 9.17) is 15.2 Å². The summed E-state index contributed by atoms with van der Waals surface area (Å²) < 4.78 is 10.9. The minimum absolute atomic E-state index is 0.0115. The summed E-state index contributed by atoms with van der Waals surface area (Å²) in [6.07, 6.45) is 0. The predicted molar refractivity (Wildman–Crippen MR) is 86.2 cm³/mol. The quantitative estimate of drug-likeness (QED) is 0.887. The van der Waals surface area contributed by atoms with Crippen molar-refractivity contribution in [2.75, 3.05) is 32.7 Å². The number of hydrogen-bond acceptors (Lipinski definition) is 4. The van der Waals surface area contributed by atoms with Crippen LogP contribution in [0.15, 0.2) is 48.5 Å². The number of methoxy groups -OCH3 is 2. The van der Waals surface area contributed by atoms with Gasteiger partial charge in [-0.3, -0.25) is 0 Å². The summed E-state index contributed by atoms with van der Waals surface area (Å²) >= 11 is 0. The third kappa shape index (κ3) is 3.11. The maximum absolute atomic E-state index is 6.02. The number of nitrogens with zero attached hydrogens (tertiary/aromatic N) is 1. The number of ether oxygens (including phenoxy) is 2. The summed E-state index contributed by atoms with van der Waals surface area (Å²) in [5.41, 5.74) is 8.15. The molecule has 0 heterocycles. The van der Waals surface area contributed by atoms with Crippen molar-refractivity contribution in [2.45, 2.75) is 6.04 Å². The smallest absolute Gasteiger partial charge is 0.166 e. The molecule has 2 aromatic rings. The Kier molecular flexibility index (Phi) is 5.06. The van der Waals surface area contributed by atoms with E-state index in [1.165, 1.54) is 0 Å². The Labute approximate surface area is 126 Å². The van der Waals surface area contributed by atoms with Crippen LogP contribution in [0.3, 0.4) is 0 Å². The van der Waals surface area contributed by atoms with Crippen molar-refractivity contribution in [3.8, 4) is 11.5 Å². The molecule has 0 aliphatic rings. The van der Waals surface area contributed by atoms with Crippen molar-refractivity contribution in [3.63, 3.8) is 0 Å². The molecule has 4 nitrogen and oxygen atoms in total. The summed E-state index contributed by atoms with van der Waals surface area (Å²) in [5.74, 6) is 1.45. The molecule has 21 heavy (non-hydrogen) atoms. The SMILES string of the molecule is COc1cccc(C(CN)N(C)c2ccccc2)c1OC.